The number of carboxylic acid groups (broad SMARTS) is 1. The Balaban J connectivity index is 2.56. The third-order valence-electron chi connectivity index (χ3n) is 2.38. The van der Waals surface area contributed by atoms with Gasteiger partial charge in [0.25, 0.3) is 0 Å². The van der Waals surface area contributed by atoms with Crippen LogP contribution in [0.3, 0.4) is 0 Å². The van der Waals surface area contributed by atoms with Crippen molar-refractivity contribution < 1.29 is 23.1 Å². The minimum Gasteiger partial charge on any atom is -0.477 e. The summed E-state index contributed by atoms with van der Waals surface area (Å²) in [5, 5.41) is 12.6. The fourth-order valence-electron chi connectivity index (χ4n) is 1.51. The van der Waals surface area contributed by atoms with E-state index in [1.807, 2.05) is 0 Å². The van der Waals surface area contributed by atoms with E-state index in [0.29, 0.717) is 0 Å². The van der Waals surface area contributed by atoms with Crippen LogP contribution >= 0.6 is 0 Å². The quantitative estimate of drug-likeness (QED) is 0.838. The fraction of sp³-hybridized carbons (Fsp3) is 0.0909. The molecule has 2 rings (SSSR count). The molecule has 0 unspecified atom stereocenters. The summed E-state index contributed by atoms with van der Waals surface area (Å²) in [6, 6.07) is 2.66. The van der Waals surface area contributed by atoms with Gasteiger partial charge in [-0.3, -0.25) is 4.68 Å². The fourth-order valence-corrected chi connectivity index (χ4v) is 1.51. The standard InChI is InChI=1S/C11H7F3N2O2/c1-16-9(11(17)18)4-8(15-16)5-2-6(12)10(14)7(13)3-5/h2-4H,1H3,(H,17,18). The number of benzene rings is 1. The molecule has 0 aliphatic rings. The number of carbonyl (C=O) groups is 1. The first-order valence-electron chi connectivity index (χ1n) is 4.82. The van der Waals surface area contributed by atoms with Crippen LogP contribution in [0.4, 0.5) is 13.2 Å². The van der Waals surface area contributed by atoms with Crippen molar-refractivity contribution in [2.45, 2.75) is 0 Å². The lowest BCUT2D eigenvalue weighted by atomic mass is 10.1. The van der Waals surface area contributed by atoms with Gasteiger partial charge in [0.05, 0.1) is 5.69 Å². The van der Waals surface area contributed by atoms with Crippen LogP contribution in [0.2, 0.25) is 0 Å². The first kappa shape index (κ1) is 12.2. The molecule has 0 atom stereocenters. The van der Waals surface area contributed by atoms with Crippen molar-refractivity contribution >= 4 is 5.97 Å². The smallest absolute Gasteiger partial charge is 0.354 e. The van der Waals surface area contributed by atoms with Gasteiger partial charge in [0, 0.05) is 12.6 Å². The van der Waals surface area contributed by atoms with Gasteiger partial charge in [-0.2, -0.15) is 5.10 Å². The maximum atomic E-state index is 13.0. The number of halogens is 3. The van der Waals surface area contributed by atoms with Crippen LogP contribution in [0.15, 0.2) is 18.2 Å². The normalized spacial score (nSPS) is 10.7. The molecule has 1 aromatic heterocycles. The molecule has 1 N–H and O–H groups in total. The van der Waals surface area contributed by atoms with E-state index in [0.717, 1.165) is 22.9 Å². The summed E-state index contributed by atoms with van der Waals surface area (Å²) >= 11 is 0. The van der Waals surface area contributed by atoms with Crippen LogP contribution in [0.5, 0.6) is 0 Å². The van der Waals surface area contributed by atoms with Crippen LogP contribution in [0, 0.1) is 17.5 Å². The van der Waals surface area contributed by atoms with Crippen LogP contribution in [0.1, 0.15) is 10.5 Å². The number of aromatic carboxylic acids is 1. The number of nitrogens with zero attached hydrogens (tertiary/aromatic N) is 2. The van der Waals surface area contributed by atoms with E-state index in [9.17, 15) is 18.0 Å². The van der Waals surface area contributed by atoms with Crippen molar-refractivity contribution in [3.8, 4) is 11.3 Å². The zero-order chi connectivity index (χ0) is 13.4. The van der Waals surface area contributed by atoms with Crippen molar-refractivity contribution in [1.29, 1.82) is 0 Å². The van der Waals surface area contributed by atoms with Crippen molar-refractivity contribution in [1.82, 2.24) is 9.78 Å². The number of hydrogen-bond donors (Lipinski definition) is 1. The number of aromatic nitrogens is 2. The molecule has 1 aromatic carbocycles. The summed E-state index contributed by atoms with van der Waals surface area (Å²) in [6.45, 7) is 0. The minimum absolute atomic E-state index is 0.0329. The Bertz CT molecular complexity index is 614. The molecule has 0 bridgehead atoms. The molecule has 0 amide bonds. The summed E-state index contributed by atoms with van der Waals surface area (Å²) in [5.74, 6) is -5.51. The SMILES string of the molecule is Cn1nc(-c2cc(F)c(F)c(F)c2)cc1C(=O)O. The summed E-state index contributed by atoms with van der Waals surface area (Å²) in [5.41, 5.74) is -0.127. The Labute approximate surface area is 99.3 Å². The number of carboxylic acids is 1. The molecule has 1 heterocycles. The van der Waals surface area contributed by atoms with E-state index in [1.165, 1.54) is 7.05 Å². The number of aryl methyl sites for hydroxylation is 1. The Morgan fingerprint density at radius 3 is 2.22 bits per heavy atom. The Kier molecular flexibility index (Phi) is 2.82. The van der Waals surface area contributed by atoms with E-state index >= 15 is 0 Å². The minimum atomic E-state index is -1.58. The molecule has 0 fully saturated rings. The molecular weight excluding hydrogens is 249 g/mol. The van der Waals surface area contributed by atoms with E-state index in [2.05, 4.69) is 5.10 Å². The first-order valence-corrected chi connectivity index (χ1v) is 4.82. The molecule has 4 nitrogen and oxygen atoms in total. The summed E-state index contributed by atoms with van der Waals surface area (Å²) < 4.78 is 39.9. The van der Waals surface area contributed by atoms with Crippen LogP contribution in [0.25, 0.3) is 11.3 Å². The highest BCUT2D eigenvalue weighted by molar-refractivity contribution is 5.87. The Morgan fingerprint density at radius 2 is 1.78 bits per heavy atom. The average molecular weight is 256 g/mol. The molecule has 0 spiro atoms. The maximum Gasteiger partial charge on any atom is 0.354 e. The van der Waals surface area contributed by atoms with Gasteiger partial charge in [0.1, 0.15) is 5.69 Å². The molecule has 94 valence electrons. The molecule has 0 aliphatic heterocycles. The highest BCUT2D eigenvalue weighted by Gasteiger charge is 2.16. The maximum absolute atomic E-state index is 13.0. The lowest BCUT2D eigenvalue weighted by Gasteiger charge is -1.99. The number of rotatable bonds is 2. The zero-order valence-corrected chi connectivity index (χ0v) is 9.12. The lowest BCUT2D eigenvalue weighted by Crippen LogP contribution is -2.04. The summed E-state index contributed by atoms with van der Waals surface area (Å²) in [7, 11) is 1.38. The molecule has 0 saturated heterocycles. The monoisotopic (exact) mass is 256 g/mol. The molecule has 18 heavy (non-hydrogen) atoms. The van der Waals surface area contributed by atoms with E-state index in [1.54, 1.807) is 0 Å². The zero-order valence-electron chi connectivity index (χ0n) is 9.12. The highest BCUT2D eigenvalue weighted by Crippen LogP contribution is 2.23. The predicted octanol–water partition coefficient (Wildman–Crippen LogP) is 2.20. The molecular formula is C11H7F3N2O2. The second-order valence-corrected chi connectivity index (χ2v) is 3.60. The van der Waals surface area contributed by atoms with Crippen LogP contribution in [-0.2, 0) is 7.05 Å². The summed E-state index contributed by atoms with van der Waals surface area (Å²) in [4.78, 5) is 10.8. The predicted molar refractivity (Wildman–Crippen MR) is 55.5 cm³/mol. The van der Waals surface area contributed by atoms with Gasteiger partial charge in [0.15, 0.2) is 17.5 Å². The number of hydrogen-bond acceptors (Lipinski definition) is 2. The van der Waals surface area contributed by atoms with Gasteiger partial charge < -0.3 is 5.11 Å². The van der Waals surface area contributed by atoms with Gasteiger partial charge >= 0.3 is 5.97 Å². The van der Waals surface area contributed by atoms with Crippen molar-refractivity contribution in [2.24, 2.45) is 7.05 Å². The largest absolute Gasteiger partial charge is 0.477 e. The molecule has 0 radical (unpaired) electrons. The highest BCUT2D eigenvalue weighted by atomic mass is 19.2. The second kappa shape index (κ2) is 4.17. The lowest BCUT2D eigenvalue weighted by molar-refractivity contribution is 0.0685. The van der Waals surface area contributed by atoms with Gasteiger partial charge in [-0.25, -0.2) is 18.0 Å². The third-order valence-corrected chi connectivity index (χ3v) is 2.38. The average Bonchev–Trinajstić information content (AvgIpc) is 2.67. The first-order chi connectivity index (χ1) is 8.40. The molecule has 0 saturated carbocycles. The molecule has 2 aromatic rings. The Morgan fingerprint density at radius 1 is 1.22 bits per heavy atom. The third kappa shape index (κ3) is 1.94. The van der Waals surface area contributed by atoms with Crippen molar-refractivity contribution in [3.05, 3.63) is 41.3 Å². The summed E-state index contributed by atoms with van der Waals surface area (Å²) in [6.07, 6.45) is 0. The second-order valence-electron chi connectivity index (χ2n) is 3.60. The van der Waals surface area contributed by atoms with E-state index < -0.39 is 23.4 Å². The van der Waals surface area contributed by atoms with E-state index in [4.69, 9.17) is 5.11 Å². The van der Waals surface area contributed by atoms with Crippen molar-refractivity contribution in [2.75, 3.05) is 0 Å². The van der Waals surface area contributed by atoms with Gasteiger partial charge in [-0.05, 0) is 18.2 Å². The van der Waals surface area contributed by atoms with Crippen LogP contribution in [-0.4, -0.2) is 20.9 Å². The Hall–Kier alpha value is -2.31. The van der Waals surface area contributed by atoms with Gasteiger partial charge in [-0.15, -0.1) is 0 Å². The van der Waals surface area contributed by atoms with Gasteiger partial charge in [0.2, 0.25) is 0 Å². The van der Waals surface area contributed by atoms with Crippen molar-refractivity contribution in [3.63, 3.8) is 0 Å². The molecule has 0 aliphatic carbocycles. The van der Waals surface area contributed by atoms with E-state index in [-0.39, 0.29) is 17.0 Å². The van der Waals surface area contributed by atoms with Crippen LogP contribution < -0.4 is 0 Å². The molecule has 7 heteroatoms. The van der Waals surface area contributed by atoms with Gasteiger partial charge in [-0.1, -0.05) is 0 Å². The topological polar surface area (TPSA) is 55.1 Å².